The summed E-state index contributed by atoms with van der Waals surface area (Å²) in [6.45, 7) is 3.51. The Balaban J connectivity index is 1.50. The molecule has 0 atom stereocenters. The Morgan fingerprint density at radius 1 is 0.931 bits per heavy atom. The van der Waals surface area contributed by atoms with Crippen LogP contribution < -0.4 is 16.0 Å². The number of aryl methyl sites for hydroxylation is 1. The Morgan fingerprint density at radius 2 is 1.66 bits per heavy atom. The first-order chi connectivity index (χ1) is 14.2. The van der Waals surface area contributed by atoms with Crippen molar-refractivity contribution in [3.8, 4) is 0 Å². The topological polar surface area (TPSA) is 78.7 Å². The van der Waals surface area contributed by atoms with Crippen LogP contribution >= 0.6 is 0 Å². The number of amides is 1. The maximum Gasteiger partial charge on any atom is 0.291 e. The summed E-state index contributed by atoms with van der Waals surface area (Å²) in [5.41, 5.74) is 4.41. The first-order valence-electron chi connectivity index (χ1n) is 9.64. The second kappa shape index (κ2) is 10.1. The molecule has 150 valence electrons. The van der Waals surface area contributed by atoms with Crippen LogP contribution in [0.5, 0.6) is 0 Å². The molecule has 0 radical (unpaired) electrons. The highest BCUT2D eigenvalue weighted by atomic mass is 16.3. The molecule has 3 rings (SSSR count). The smallest absolute Gasteiger partial charge is 0.291 e. The van der Waals surface area contributed by atoms with Gasteiger partial charge in [0.15, 0.2) is 11.7 Å². The lowest BCUT2D eigenvalue weighted by Gasteiger charge is -2.14. The summed E-state index contributed by atoms with van der Waals surface area (Å²) in [5.74, 6) is 0.763. The fourth-order valence-corrected chi connectivity index (χ4v) is 2.97. The zero-order valence-electron chi connectivity index (χ0n) is 16.7. The number of hydrogen-bond acceptors (Lipinski definition) is 3. The fourth-order valence-electron chi connectivity index (χ4n) is 2.97. The molecule has 0 aliphatic heterocycles. The molecule has 6 heteroatoms. The van der Waals surface area contributed by atoms with Crippen LogP contribution in [0.3, 0.4) is 0 Å². The number of aliphatic imine (C=N–C) groups is 1. The molecule has 0 saturated carbocycles. The molecule has 1 aromatic heterocycles. The zero-order chi connectivity index (χ0) is 20.5. The van der Waals surface area contributed by atoms with Gasteiger partial charge in [0.25, 0.3) is 5.91 Å². The van der Waals surface area contributed by atoms with Crippen molar-refractivity contribution in [1.82, 2.24) is 10.6 Å². The first kappa shape index (κ1) is 20.2. The third kappa shape index (κ3) is 5.72. The Hall–Kier alpha value is -3.54. The average molecular weight is 390 g/mol. The molecule has 2 aromatic carbocycles. The molecule has 0 saturated heterocycles. The number of carbonyl (C=O) groups excluding carboxylic acids is 1. The lowest BCUT2D eigenvalue weighted by Crippen LogP contribution is -2.36. The van der Waals surface area contributed by atoms with Crippen molar-refractivity contribution in [3.63, 3.8) is 0 Å². The predicted octanol–water partition coefficient (Wildman–Crippen LogP) is 3.96. The molecule has 1 amide bonds. The largest absolute Gasteiger partial charge is 0.459 e. The molecule has 3 aromatic rings. The van der Waals surface area contributed by atoms with Crippen LogP contribution in [-0.4, -0.2) is 18.9 Å². The van der Waals surface area contributed by atoms with E-state index in [0.29, 0.717) is 12.2 Å². The highest BCUT2D eigenvalue weighted by Crippen LogP contribution is 2.12. The summed E-state index contributed by atoms with van der Waals surface area (Å²) >= 11 is 0. The molecule has 6 nitrogen and oxygen atoms in total. The van der Waals surface area contributed by atoms with Gasteiger partial charge in [-0.1, -0.05) is 43.3 Å². The van der Waals surface area contributed by atoms with E-state index in [4.69, 9.17) is 4.42 Å². The van der Waals surface area contributed by atoms with Crippen LogP contribution in [0.25, 0.3) is 0 Å². The predicted molar refractivity (Wildman–Crippen MR) is 116 cm³/mol. The van der Waals surface area contributed by atoms with Crippen LogP contribution in [0.1, 0.15) is 34.2 Å². The molecule has 0 bridgehead atoms. The summed E-state index contributed by atoms with van der Waals surface area (Å²) in [6, 6.07) is 19.4. The molecule has 29 heavy (non-hydrogen) atoms. The molecule has 3 N–H and O–H groups in total. The molecule has 0 aliphatic rings. The maximum absolute atomic E-state index is 12.0. The van der Waals surface area contributed by atoms with E-state index in [0.717, 1.165) is 24.5 Å². The number of hydrogen-bond donors (Lipinski definition) is 3. The lowest BCUT2D eigenvalue weighted by molar-refractivity contribution is 0.0996. The minimum Gasteiger partial charge on any atom is -0.459 e. The molecular formula is C23H26N4O2. The van der Waals surface area contributed by atoms with Gasteiger partial charge in [-0.2, -0.15) is 0 Å². The Labute approximate surface area is 171 Å². The second-order valence-electron chi connectivity index (χ2n) is 6.53. The second-order valence-corrected chi connectivity index (χ2v) is 6.53. The minimum absolute atomic E-state index is 0.266. The number of guanidine groups is 1. The molecule has 0 fully saturated rings. The van der Waals surface area contributed by atoms with E-state index in [1.807, 2.05) is 24.3 Å². The van der Waals surface area contributed by atoms with E-state index >= 15 is 0 Å². The normalized spacial score (nSPS) is 11.2. The lowest BCUT2D eigenvalue weighted by atomic mass is 10.1. The molecule has 0 unspecified atom stereocenters. The van der Waals surface area contributed by atoms with Crippen molar-refractivity contribution in [1.29, 1.82) is 0 Å². The summed E-state index contributed by atoms with van der Waals surface area (Å²) in [6.07, 6.45) is 2.48. The first-order valence-corrected chi connectivity index (χ1v) is 9.64. The van der Waals surface area contributed by atoms with Gasteiger partial charge < -0.3 is 20.4 Å². The fraction of sp³-hybridized carbons (Fsp3) is 0.217. The highest BCUT2D eigenvalue weighted by molar-refractivity contribution is 6.02. The van der Waals surface area contributed by atoms with Crippen LogP contribution in [0, 0.1) is 0 Å². The van der Waals surface area contributed by atoms with Gasteiger partial charge in [0.1, 0.15) is 0 Å². The summed E-state index contributed by atoms with van der Waals surface area (Å²) in [4.78, 5) is 16.3. The van der Waals surface area contributed by atoms with Crippen LogP contribution in [0.2, 0.25) is 0 Å². The third-order valence-electron chi connectivity index (χ3n) is 4.59. The van der Waals surface area contributed by atoms with Gasteiger partial charge in [-0.25, -0.2) is 0 Å². The van der Waals surface area contributed by atoms with Crippen molar-refractivity contribution >= 4 is 17.6 Å². The number of benzene rings is 2. The van der Waals surface area contributed by atoms with Gasteiger partial charge in [-0.05, 0) is 47.4 Å². The van der Waals surface area contributed by atoms with E-state index in [9.17, 15) is 4.79 Å². The summed E-state index contributed by atoms with van der Waals surface area (Å²) < 4.78 is 5.10. The maximum atomic E-state index is 12.0. The Kier molecular flexibility index (Phi) is 7.05. The molecule has 1 heterocycles. The molecule has 0 aliphatic carbocycles. The van der Waals surface area contributed by atoms with Crippen molar-refractivity contribution in [2.45, 2.75) is 26.4 Å². The zero-order valence-corrected chi connectivity index (χ0v) is 16.7. The Morgan fingerprint density at radius 3 is 2.31 bits per heavy atom. The number of carbonyl (C=O) groups is 1. The number of furan rings is 1. The van der Waals surface area contributed by atoms with Gasteiger partial charge in [-0.3, -0.25) is 9.79 Å². The SMILES string of the molecule is CCc1ccccc1CNC(=NC)NCc1ccc(NC(=O)c2ccco2)cc1. The van der Waals surface area contributed by atoms with Gasteiger partial charge in [0.2, 0.25) is 0 Å². The number of anilines is 1. The van der Waals surface area contributed by atoms with Crippen LogP contribution in [0.15, 0.2) is 76.3 Å². The summed E-state index contributed by atoms with van der Waals surface area (Å²) in [5, 5.41) is 9.48. The van der Waals surface area contributed by atoms with E-state index in [1.54, 1.807) is 19.2 Å². The van der Waals surface area contributed by atoms with Crippen molar-refractivity contribution in [2.24, 2.45) is 4.99 Å². The standard InChI is InChI=1S/C23H26N4O2/c1-3-18-7-4-5-8-19(18)16-26-23(24-2)25-15-17-10-12-20(13-11-17)27-22(28)21-9-6-14-29-21/h4-14H,3,15-16H2,1-2H3,(H,27,28)(H2,24,25,26). The van der Waals surface area contributed by atoms with Gasteiger partial charge in [0.05, 0.1) is 6.26 Å². The van der Waals surface area contributed by atoms with E-state index in [2.05, 4.69) is 52.1 Å². The summed E-state index contributed by atoms with van der Waals surface area (Å²) in [7, 11) is 1.76. The van der Waals surface area contributed by atoms with E-state index < -0.39 is 0 Å². The van der Waals surface area contributed by atoms with Gasteiger partial charge in [-0.15, -0.1) is 0 Å². The number of rotatable bonds is 7. The highest BCUT2D eigenvalue weighted by Gasteiger charge is 2.08. The number of nitrogens with one attached hydrogen (secondary N) is 3. The van der Waals surface area contributed by atoms with Crippen molar-refractivity contribution in [3.05, 3.63) is 89.4 Å². The van der Waals surface area contributed by atoms with Gasteiger partial charge >= 0.3 is 0 Å². The van der Waals surface area contributed by atoms with E-state index in [1.165, 1.54) is 17.4 Å². The molecule has 0 spiro atoms. The Bertz CT molecular complexity index is 947. The monoisotopic (exact) mass is 390 g/mol. The third-order valence-corrected chi connectivity index (χ3v) is 4.59. The van der Waals surface area contributed by atoms with Gasteiger partial charge in [0, 0.05) is 25.8 Å². The van der Waals surface area contributed by atoms with E-state index in [-0.39, 0.29) is 11.7 Å². The van der Waals surface area contributed by atoms with Crippen molar-refractivity contribution in [2.75, 3.05) is 12.4 Å². The quantitative estimate of drug-likeness (QED) is 0.421. The average Bonchev–Trinajstić information content (AvgIpc) is 3.30. The molecular weight excluding hydrogens is 364 g/mol. The number of nitrogens with zero attached hydrogens (tertiary/aromatic N) is 1. The van der Waals surface area contributed by atoms with Crippen molar-refractivity contribution < 1.29 is 9.21 Å². The minimum atomic E-state index is -0.266. The van der Waals surface area contributed by atoms with Crippen LogP contribution in [-0.2, 0) is 19.5 Å². The van der Waals surface area contributed by atoms with Crippen LogP contribution in [0.4, 0.5) is 5.69 Å².